The fourth-order valence-electron chi connectivity index (χ4n) is 3.12. The molecule has 2 amide bonds. The number of anilines is 1. The van der Waals surface area contributed by atoms with E-state index in [0.717, 1.165) is 0 Å². The number of carbonyl (C=O) groups excluding carboxylic acids is 3. The van der Waals surface area contributed by atoms with Crippen LogP contribution >= 0.6 is 0 Å². The van der Waals surface area contributed by atoms with Crippen molar-refractivity contribution in [3.05, 3.63) is 82.0 Å². The molecule has 1 aromatic heterocycles. The van der Waals surface area contributed by atoms with E-state index in [1.54, 1.807) is 32.0 Å². The molecular formula is C23H22FN3O5. The van der Waals surface area contributed by atoms with E-state index in [4.69, 9.17) is 9.26 Å². The first-order valence-electron chi connectivity index (χ1n) is 9.75. The Hall–Kier alpha value is -4.01. The van der Waals surface area contributed by atoms with Crippen molar-refractivity contribution in [1.82, 2.24) is 10.5 Å². The third-order valence-corrected chi connectivity index (χ3v) is 4.80. The zero-order valence-electron chi connectivity index (χ0n) is 17.8. The number of benzene rings is 2. The van der Waals surface area contributed by atoms with Crippen molar-refractivity contribution in [2.24, 2.45) is 0 Å². The van der Waals surface area contributed by atoms with Gasteiger partial charge in [-0.3, -0.25) is 9.59 Å². The summed E-state index contributed by atoms with van der Waals surface area (Å²) in [4.78, 5) is 36.9. The van der Waals surface area contributed by atoms with Crippen molar-refractivity contribution < 1.29 is 28.0 Å². The number of hydrogen-bond donors (Lipinski definition) is 2. The molecule has 0 fully saturated rings. The number of esters is 1. The maximum absolute atomic E-state index is 13.9. The van der Waals surface area contributed by atoms with Gasteiger partial charge in [-0.2, -0.15) is 0 Å². The number of methoxy groups -OCH3 is 1. The summed E-state index contributed by atoms with van der Waals surface area (Å²) in [6.07, 6.45) is 0.0920. The molecule has 0 saturated carbocycles. The standard InChI is InChI=1S/C23H22FN3O5/c1-13-19(14(2)32-27-13)11-21(28)25-12-15-8-16(23(30)31-3)10-17(9-15)26-22(29)18-6-4-5-7-20(18)24/h4-10H,11-12H2,1-3H3,(H,25,28)(H,26,29). The number of nitrogens with one attached hydrogen (secondary N) is 2. The highest BCUT2D eigenvalue weighted by Crippen LogP contribution is 2.19. The number of aryl methyl sites for hydroxylation is 2. The quantitative estimate of drug-likeness (QED) is 0.547. The molecule has 0 unspecified atom stereocenters. The predicted molar refractivity (Wildman–Crippen MR) is 114 cm³/mol. The van der Waals surface area contributed by atoms with Gasteiger partial charge in [-0.05, 0) is 49.7 Å². The summed E-state index contributed by atoms with van der Waals surface area (Å²) in [5, 5.41) is 9.17. The third kappa shape index (κ3) is 5.37. The van der Waals surface area contributed by atoms with Crippen LogP contribution in [0, 0.1) is 19.7 Å². The van der Waals surface area contributed by atoms with Gasteiger partial charge in [0.05, 0.1) is 30.4 Å². The van der Waals surface area contributed by atoms with Crippen LogP contribution in [0.4, 0.5) is 10.1 Å². The molecule has 3 aromatic rings. The van der Waals surface area contributed by atoms with E-state index >= 15 is 0 Å². The van der Waals surface area contributed by atoms with E-state index in [9.17, 15) is 18.8 Å². The number of nitrogens with zero attached hydrogens (tertiary/aromatic N) is 1. The Kier molecular flexibility index (Phi) is 6.99. The molecule has 0 spiro atoms. The molecule has 1 heterocycles. The molecule has 2 N–H and O–H groups in total. The van der Waals surface area contributed by atoms with Crippen LogP contribution in [0.25, 0.3) is 0 Å². The van der Waals surface area contributed by atoms with Gasteiger partial charge in [-0.1, -0.05) is 17.3 Å². The lowest BCUT2D eigenvalue weighted by Crippen LogP contribution is -2.25. The van der Waals surface area contributed by atoms with E-state index in [2.05, 4.69) is 15.8 Å². The highest BCUT2D eigenvalue weighted by atomic mass is 19.1. The van der Waals surface area contributed by atoms with Crippen LogP contribution in [-0.4, -0.2) is 30.1 Å². The van der Waals surface area contributed by atoms with E-state index < -0.39 is 17.7 Å². The smallest absolute Gasteiger partial charge is 0.337 e. The predicted octanol–water partition coefficient (Wildman–Crippen LogP) is 3.33. The number of halogens is 1. The van der Waals surface area contributed by atoms with Gasteiger partial charge in [-0.25, -0.2) is 9.18 Å². The Morgan fingerprint density at radius 1 is 1.12 bits per heavy atom. The monoisotopic (exact) mass is 439 g/mol. The molecular weight excluding hydrogens is 417 g/mol. The van der Waals surface area contributed by atoms with Gasteiger partial charge in [0, 0.05) is 17.8 Å². The zero-order chi connectivity index (χ0) is 23.3. The molecule has 0 aliphatic rings. The van der Waals surface area contributed by atoms with Gasteiger partial charge in [-0.15, -0.1) is 0 Å². The first kappa shape index (κ1) is 22.7. The van der Waals surface area contributed by atoms with Crippen molar-refractivity contribution in [3.63, 3.8) is 0 Å². The minimum absolute atomic E-state index is 0.0920. The Bertz CT molecular complexity index is 1150. The minimum Gasteiger partial charge on any atom is -0.465 e. The molecule has 166 valence electrons. The lowest BCUT2D eigenvalue weighted by Gasteiger charge is -2.12. The second kappa shape index (κ2) is 9.86. The average Bonchev–Trinajstić information content (AvgIpc) is 3.09. The van der Waals surface area contributed by atoms with Crippen LogP contribution in [0.3, 0.4) is 0 Å². The van der Waals surface area contributed by atoms with Crippen LogP contribution < -0.4 is 10.6 Å². The van der Waals surface area contributed by atoms with Crippen molar-refractivity contribution in [2.75, 3.05) is 12.4 Å². The molecule has 0 atom stereocenters. The third-order valence-electron chi connectivity index (χ3n) is 4.80. The van der Waals surface area contributed by atoms with Gasteiger partial charge in [0.25, 0.3) is 5.91 Å². The maximum Gasteiger partial charge on any atom is 0.337 e. The minimum atomic E-state index is -0.668. The Morgan fingerprint density at radius 2 is 1.88 bits per heavy atom. The molecule has 0 radical (unpaired) electrons. The van der Waals surface area contributed by atoms with Gasteiger partial charge in [0.1, 0.15) is 11.6 Å². The second-order valence-corrected chi connectivity index (χ2v) is 7.10. The summed E-state index contributed by atoms with van der Waals surface area (Å²) < 4.78 is 23.7. The van der Waals surface area contributed by atoms with Crippen LogP contribution in [0.5, 0.6) is 0 Å². The number of amides is 2. The number of ether oxygens (including phenoxy) is 1. The molecule has 3 rings (SSSR count). The molecule has 9 heteroatoms. The van der Waals surface area contributed by atoms with Crippen LogP contribution in [0.2, 0.25) is 0 Å². The van der Waals surface area contributed by atoms with Crippen molar-refractivity contribution in [2.45, 2.75) is 26.8 Å². The van der Waals surface area contributed by atoms with Gasteiger partial charge in [0.2, 0.25) is 5.91 Å². The summed E-state index contributed by atoms with van der Waals surface area (Å²) in [6.45, 7) is 3.58. The Labute approximate surface area is 183 Å². The topological polar surface area (TPSA) is 111 Å². The highest BCUT2D eigenvalue weighted by Gasteiger charge is 2.16. The molecule has 2 aromatic carbocycles. The Morgan fingerprint density at radius 3 is 2.53 bits per heavy atom. The highest BCUT2D eigenvalue weighted by molar-refractivity contribution is 6.05. The van der Waals surface area contributed by atoms with Crippen LogP contribution in [0.1, 0.15) is 43.3 Å². The summed E-state index contributed by atoms with van der Waals surface area (Å²) in [6, 6.07) is 10.1. The number of rotatable bonds is 7. The SMILES string of the molecule is COC(=O)c1cc(CNC(=O)Cc2c(C)noc2C)cc(NC(=O)c2ccccc2F)c1. The molecule has 0 saturated heterocycles. The van der Waals surface area contributed by atoms with Gasteiger partial charge in [0.15, 0.2) is 0 Å². The van der Waals surface area contributed by atoms with Gasteiger partial charge >= 0.3 is 5.97 Å². The summed E-state index contributed by atoms with van der Waals surface area (Å²) >= 11 is 0. The average molecular weight is 439 g/mol. The van der Waals surface area contributed by atoms with E-state index in [-0.39, 0.29) is 35.7 Å². The largest absolute Gasteiger partial charge is 0.465 e. The molecule has 8 nitrogen and oxygen atoms in total. The first-order valence-corrected chi connectivity index (χ1v) is 9.75. The van der Waals surface area contributed by atoms with Crippen molar-refractivity contribution >= 4 is 23.5 Å². The number of carbonyl (C=O) groups is 3. The van der Waals surface area contributed by atoms with Gasteiger partial charge < -0.3 is 19.9 Å². The van der Waals surface area contributed by atoms with E-state index in [1.807, 2.05) is 0 Å². The first-order chi connectivity index (χ1) is 15.3. The fourth-order valence-corrected chi connectivity index (χ4v) is 3.12. The Balaban J connectivity index is 1.76. The number of aromatic nitrogens is 1. The van der Waals surface area contributed by atoms with Crippen molar-refractivity contribution in [3.8, 4) is 0 Å². The summed E-state index contributed by atoms with van der Waals surface area (Å²) in [7, 11) is 1.23. The molecule has 0 aliphatic heterocycles. The lowest BCUT2D eigenvalue weighted by atomic mass is 10.1. The normalized spacial score (nSPS) is 10.5. The lowest BCUT2D eigenvalue weighted by molar-refractivity contribution is -0.120. The van der Waals surface area contributed by atoms with Crippen molar-refractivity contribution in [1.29, 1.82) is 0 Å². The van der Waals surface area contributed by atoms with Crippen LogP contribution in [-0.2, 0) is 22.5 Å². The zero-order valence-corrected chi connectivity index (χ0v) is 17.8. The van der Waals surface area contributed by atoms with E-state index in [1.165, 1.54) is 31.4 Å². The molecule has 32 heavy (non-hydrogen) atoms. The maximum atomic E-state index is 13.9. The number of hydrogen-bond acceptors (Lipinski definition) is 6. The van der Waals surface area contributed by atoms with E-state index in [0.29, 0.717) is 22.6 Å². The molecule has 0 bridgehead atoms. The molecule has 0 aliphatic carbocycles. The fraction of sp³-hybridized carbons (Fsp3) is 0.217. The summed E-state index contributed by atoms with van der Waals surface area (Å²) in [5.74, 6) is -1.64. The van der Waals surface area contributed by atoms with Crippen LogP contribution in [0.15, 0.2) is 47.0 Å². The second-order valence-electron chi connectivity index (χ2n) is 7.10. The summed E-state index contributed by atoms with van der Waals surface area (Å²) in [5.41, 5.74) is 2.20.